The van der Waals surface area contributed by atoms with Crippen LogP contribution in [0.3, 0.4) is 0 Å². The van der Waals surface area contributed by atoms with E-state index in [9.17, 15) is 13.2 Å². The minimum atomic E-state index is -3.71. The first-order valence-electron chi connectivity index (χ1n) is 6.39. The van der Waals surface area contributed by atoms with E-state index in [2.05, 4.69) is 15.1 Å². The second-order valence-corrected chi connectivity index (χ2v) is 6.59. The van der Waals surface area contributed by atoms with Crippen LogP contribution in [0.1, 0.15) is 18.5 Å². The van der Waals surface area contributed by atoms with Crippen LogP contribution in [0, 0.1) is 12.8 Å². The van der Waals surface area contributed by atoms with E-state index in [4.69, 9.17) is 5.73 Å². The summed E-state index contributed by atoms with van der Waals surface area (Å²) in [4.78, 5) is 11.4. The van der Waals surface area contributed by atoms with Crippen molar-refractivity contribution in [2.24, 2.45) is 13.0 Å². The lowest BCUT2D eigenvalue weighted by Crippen LogP contribution is -2.35. The first-order valence-corrected chi connectivity index (χ1v) is 7.87. The van der Waals surface area contributed by atoms with Gasteiger partial charge in [0.1, 0.15) is 4.90 Å². The number of sulfonamides is 1. The second kappa shape index (κ2) is 5.41. The molecule has 1 aromatic heterocycles. The van der Waals surface area contributed by atoms with Gasteiger partial charge in [0.05, 0.1) is 5.69 Å². The number of hydrogen-bond acceptors (Lipinski definition) is 5. The maximum absolute atomic E-state index is 12.1. The van der Waals surface area contributed by atoms with Gasteiger partial charge >= 0.3 is 0 Å². The number of carbonyl (C=O) groups excluding carboxylic acids is 1. The number of nitrogens with one attached hydrogen (secondary N) is 2. The van der Waals surface area contributed by atoms with Crippen molar-refractivity contribution in [2.75, 3.05) is 18.8 Å². The van der Waals surface area contributed by atoms with Crippen LogP contribution in [0.2, 0.25) is 0 Å². The Kier molecular flexibility index (Phi) is 4.00. The van der Waals surface area contributed by atoms with Crippen LogP contribution >= 0.6 is 0 Å². The van der Waals surface area contributed by atoms with Crippen molar-refractivity contribution in [3.63, 3.8) is 0 Å². The van der Waals surface area contributed by atoms with Gasteiger partial charge in [0.25, 0.3) is 0 Å². The predicted octanol–water partition coefficient (Wildman–Crippen LogP) is -0.885. The molecule has 9 heteroatoms. The van der Waals surface area contributed by atoms with Crippen molar-refractivity contribution in [3.05, 3.63) is 5.69 Å². The van der Waals surface area contributed by atoms with E-state index in [0.29, 0.717) is 5.69 Å². The van der Waals surface area contributed by atoms with E-state index < -0.39 is 10.0 Å². The number of amides is 1. The molecule has 8 nitrogen and oxygen atoms in total. The number of nitrogens with zero attached hydrogens (tertiary/aromatic N) is 2. The molecule has 0 atom stereocenters. The van der Waals surface area contributed by atoms with Crippen molar-refractivity contribution in [1.29, 1.82) is 0 Å². The van der Waals surface area contributed by atoms with Crippen molar-refractivity contribution in [3.8, 4) is 0 Å². The van der Waals surface area contributed by atoms with Gasteiger partial charge in [-0.05, 0) is 19.8 Å². The molecule has 1 aliphatic rings. The van der Waals surface area contributed by atoms with E-state index in [1.165, 1.54) is 4.68 Å². The first-order chi connectivity index (χ1) is 9.33. The standard InChI is InChI=1S/C11H19N5O3S/c1-7-9(10(12)15-16(7)2)20(18,19)14-6-5-13-11(17)8-3-4-8/h8,14H,3-6H2,1-2H3,(H2,12,15)(H,13,17). The smallest absolute Gasteiger partial charge is 0.246 e. The zero-order valence-electron chi connectivity index (χ0n) is 11.5. The van der Waals surface area contributed by atoms with E-state index in [1.807, 2.05) is 0 Å². The van der Waals surface area contributed by atoms with Crippen molar-refractivity contribution in [1.82, 2.24) is 19.8 Å². The summed E-state index contributed by atoms with van der Waals surface area (Å²) in [5.41, 5.74) is 6.08. The highest BCUT2D eigenvalue weighted by Gasteiger charge is 2.29. The Labute approximate surface area is 117 Å². The predicted molar refractivity (Wildman–Crippen MR) is 73.3 cm³/mol. The number of carbonyl (C=O) groups is 1. The number of aryl methyl sites for hydroxylation is 1. The summed E-state index contributed by atoms with van der Waals surface area (Å²) in [6.45, 7) is 2.01. The third kappa shape index (κ3) is 3.10. The fourth-order valence-corrected chi connectivity index (χ4v) is 3.23. The molecule has 1 amide bonds. The van der Waals surface area contributed by atoms with Crippen LogP contribution in [0.15, 0.2) is 4.90 Å². The molecule has 4 N–H and O–H groups in total. The zero-order valence-corrected chi connectivity index (χ0v) is 12.3. The van der Waals surface area contributed by atoms with Crippen LogP contribution in [0.5, 0.6) is 0 Å². The van der Waals surface area contributed by atoms with E-state index in [0.717, 1.165) is 12.8 Å². The Balaban J connectivity index is 1.92. The topological polar surface area (TPSA) is 119 Å². The Morgan fingerprint density at radius 3 is 2.60 bits per heavy atom. The first kappa shape index (κ1) is 14.8. The molecule has 1 aromatic rings. The minimum absolute atomic E-state index is 0.00600. The number of anilines is 1. The average Bonchev–Trinajstić information content (AvgIpc) is 3.14. The molecule has 0 bridgehead atoms. The van der Waals surface area contributed by atoms with E-state index >= 15 is 0 Å². The molecular weight excluding hydrogens is 282 g/mol. The molecule has 1 fully saturated rings. The van der Waals surface area contributed by atoms with Crippen molar-refractivity contribution >= 4 is 21.7 Å². The molecule has 0 spiro atoms. The Morgan fingerprint density at radius 2 is 2.10 bits per heavy atom. The van der Waals surface area contributed by atoms with Crippen LogP contribution in [0.25, 0.3) is 0 Å². The van der Waals surface area contributed by atoms with Gasteiger partial charge in [-0.2, -0.15) is 5.10 Å². The normalized spacial score (nSPS) is 15.3. The van der Waals surface area contributed by atoms with Gasteiger partial charge < -0.3 is 11.1 Å². The molecule has 2 rings (SSSR count). The van der Waals surface area contributed by atoms with Crippen LogP contribution in [-0.4, -0.2) is 37.2 Å². The molecule has 0 aromatic carbocycles. The highest BCUT2D eigenvalue weighted by molar-refractivity contribution is 7.89. The lowest BCUT2D eigenvalue weighted by Gasteiger charge is -2.08. The fourth-order valence-electron chi connectivity index (χ4n) is 1.88. The van der Waals surface area contributed by atoms with Gasteiger partial charge in [-0.1, -0.05) is 0 Å². The summed E-state index contributed by atoms with van der Waals surface area (Å²) < 4.78 is 28.1. The summed E-state index contributed by atoms with van der Waals surface area (Å²) in [5, 5.41) is 6.56. The Bertz CT molecular complexity index is 618. The molecule has 0 saturated heterocycles. The average molecular weight is 301 g/mol. The molecular formula is C11H19N5O3S. The zero-order chi connectivity index (χ0) is 14.9. The molecule has 1 aliphatic carbocycles. The number of aromatic nitrogens is 2. The van der Waals surface area contributed by atoms with Crippen molar-refractivity contribution < 1.29 is 13.2 Å². The van der Waals surface area contributed by atoms with Gasteiger partial charge in [-0.3, -0.25) is 9.48 Å². The number of hydrogen-bond donors (Lipinski definition) is 3. The van der Waals surface area contributed by atoms with Gasteiger partial charge in [-0.15, -0.1) is 0 Å². The maximum atomic E-state index is 12.1. The summed E-state index contributed by atoms with van der Waals surface area (Å²) in [7, 11) is -2.09. The van der Waals surface area contributed by atoms with Crippen LogP contribution in [0.4, 0.5) is 5.82 Å². The van der Waals surface area contributed by atoms with Gasteiger partial charge in [-0.25, -0.2) is 13.1 Å². The molecule has 0 radical (unpaired) electrons. The number of rotatable bonds is 6. The third-order valence-electron chi connectivity index (χ3n) is 3.24. The van der Waals surface area contributed by atoms with E-state index in [-0.39, 0.29) is 35.6 Å². The molecule has 112 valence electrons. The summed E-state index contributed by atoms with van der Waals surface area (Å²) in [5.74, 6) is 0.0728. The summed E-state index contributed by atoms with van der Waals surface area (Å²) >= 11 is 0. The highest BCUT2D eigenvalue weighted by atomic mass is 32.2. The Morgan fingerprint density at radius 1 is 1.45 bits per heavy atom. The minimum Gasteiger partial charge on any atom is -0.381 e. The summed E-state index contributed by atoms with van der Waals surface area (Å²) in [6, 6.07) is 0. The van der Waals surface area contributed by atoms with Crippen LogP contribution in [-0.2, 0) is 21.9 Å². The third-order valence-corrected chi connectivity index (χ3v) is 4.86. The van der Waals surface area contributed by atoms with Gasteiger partial charge in [0.2, 0.25) is 15.9 Å². The maximum Gasteiger partial charge on any atom is 0.246 e. The number of nitrogens with two attached hydrogens (primary N) is 1. The molecule has 1 saturated carbocycles. The molecule has 0 unspecified atom stereocenters. The monoisotopic (exact) mass is 301 g/mol. The fraction of sp³-hybridized carbons (Fsp3) is 0.636. The highest BCUT2D eigenvalue weighted by Crippen LogP contribution is 2.28. The van der Waals surface area contributed by atoms with Crippen LogP contribution < -0.4 is 15.8 Å². The van der Waals surface area contributed by atoms with Crippen molar-refractivity contribution in [2.45, 2.75) is 24.7 Å². The summed E-state index contributed by atoms with van der Waals surface area (Å²) in [6.07, 6.45) is 1.84. The lowest BCUT2D eigenvalue weighted by molar-refractivity contribution is -0.122. The van der Waals surface area contributed by atoms with Gasteiger partial charge in [0, 0.05) is 26.1 Å². The SMILES string of the molecule is Cc1c(S(=O)(=O)NCCNC(=O)C2CC2)c(N)nn1C. The largest absolute Gasteiger partial charge is 0.381 e. The quantitative estimate of drug-likeness (QED) is 0.589. The van der Waals surface area contributed by atoms with Gasteiger partial charge in [0.15, 0.2) is 5.82 Å². The Hall–Kier alpha value is -1.61. The molecule has 0 aliphatic heterocycles. The molecule has 1 heterocycles. The number of nitrogen functional groups attached to an aromatic ring is 1. The van der Waals surface area contributed by atoms with E-state index in [1.54, 1.807) is 14.0 Å². The second-order valence-electron chi connectivity index (χ2n) is 4.89. The lowest BCUT2D eigenvalue weighted by atomic mass is 10.4. The molecule has 20 heavy (non-hydrogen) atoms.